The van der Waals surface area contributed by atoms with Crippen LogP contribution in [0.4, 0.5) is 0 Å². The Morgan fingerprint density at radius 2 is 2.00 bits per heavy atom. The van der Waals surface area contributed by atoms with Gasteiger partial charge in [0.25, 0.3) is 0 Å². The molecule has 0 N–H and O–H groups in total. The Labute approximate surface area is 115 Å². The molecule has 0 saturated carbocycles. The maximum atomic E-state index is 11.3. The fourth-order valence-corrected chi connectivity index (χ4v) is 3.15. The second-order valence-corrected chi connectivity index (χ2v) is 7.36. The highest BCUT2D eigenvalue weighted by Crippen LogP contribution is 2.32. The number of rotatable bonds is 5. The van der Waals surface area contributed by atoms with Crippen molar-refractivity contribution in [3.05, 3.63) is 29.8 Å². The summed E-state index contributed by atoms with van der Waals surface area (Å²) in [7, 11) is -1.23. The molecule has 1 saturated heterocycles. The Balaban J connectivity index is 2.05. The lowest BCUT2D eigenvalue weighted by Crippen LogP contribution is -2.28. The van der Waals surface area contributed by atoms with Crippen LogP contribution in [0, 0.1) is 0 Å². The first-order valence-electron chi connectivity index (χ1n) is 6.55. The molecule has 1 aromatic rings. The number of likely N-dealkylation sites (tertiary alicyclic amines) is 1. The van der Waals surface area contributed by atoms with Crippen LogP contribution >= 0.6 is 0 Å². The molecular formula is C14H21NO3S. The third kappa shape index (κ3) is 3.94. The smallest absolute Gasteiger partial charge is 0.148 e. The second kappa shape index (κ2) is 5.92. The average Bonchev–Trinajstić information content (AvgIpc) is 2.84. The van der Waals surface area contributed by atoms with E-state index in [1.165, 1.54) is 11.8 Å². The molecule has 1 fully saturated rings. The molecule has 0 spiro atoms. The molecule has 5 heteroatoms. The van der Waals surface area contributed by atoms with Crippen molar-refractivity contribution in [1.29, 1.82) is 0 Å². The van der Waals surface area contributed by atoms with Crippen molar-refractivity contribution in [2.24, 2.45) is 0 Å². The van der Waals surface area contributed by atoms with Crippen LogP contribution in [0.5, 0.6) is 5.75 Å². The van der Waals surface area contributed by atoms with Crippen molar-refractivity contribution >= 4 is 9.84 Å². The first kappa shape index (κ1) is 14.3. The lowest BCUT2D eigenvalue weighted by Gasteiger charge is -2.24. The molecule has 1 unspecified atom stereocenters. The van der Waals surface area contributed by atoms with Gasteiger partial charge in [-0.2, -0.15) is 0 Å². The molecule has 1 aliphatic rings. The van der Waals surface area contributed by atoms with Crippen molar-refractivity contribution in [3.8, 4) is 5.75 Å². The summed E-state index contributed by atoms with van der Waals surface area (Å²) in [5.41, 5.74) is 1.24. The van der Waals surface area contributed by atoms with Gasteiger partial charge < -0.3 is 4.74 Å². The van der Waals surface area contributed by atoms with Crippen molar-refractivity contribution < 1.29 is 13.2 Å². The molecule has 0 amide bonds. The Kier molecular flexibility index (Phi) is 4.47. The average molecular weight is 283 g/mol. The first-order chi connectivity index (χ1) is 8.99. The molecule has 19 heavy (non-hydrogen) atoms. The largest absolute Gasteiger partial charge is 0.497 e. The molecule has 4 nitrogen and oxygen atoms in total. The standard InChI is InChI=1S/C14H21NO3S/c1-18-13-7-5-12(6-8-13)14-4-3-9-15(14)10-11-19(2,16)17/h5-8,14H,3-4,9-11H2,1-2H3. The number of hydrogen-bond acceptors (Lipinski definition) is 4. The maximum absolute atomic E-state index is 11.3. The van der Waals surface area contributed by atoms with E-state index in [0.29, 0.717) is 12.6 Å². The zero-order chi connectivity index (χ0) is 13.9. The van der Waals surface area contributed by atoms with Crippen molar-refractivity contribution in [3.63, 3.8) is 0 Å². The van der Waals surface area contributed by atoms with Gasteiger partial charge in [-0.05, 0) is 37.1 Å². The summed E-state index contributed by atoms with van der Waals surface area (Å²) in [6.45, 7) is 1.60. The minimum atomic E-state index is -2.89. The van der Waals surface area contributed by atoms with E-state index in [1.807, 2.05) is 12.1 Å². The van der Waals surface area contributed by atoms with E-state index in [0.717, 1.165) is 25.1 Å². The van der Waals surface area contributed by atoms with Gasteiger partial charge >= 0.3 is 0 Å². The van der Waals surface area contributed by atoms with Gasteiger partial charge in [-0.3, -0.25) is 4.90 Å². The molecule has 0 aromatic heterocycles. The van der Waals surface area contributed by atoms with E-state index in [2.05, 4.69) is 17.0 Å². The molecule has 1 aromatic carbocycles. The molecular weight excluding hydrogens is 262 g/mol. The first-order valence-corrected chi connectivity index (χ1v) is 8.61. The summed E-state index contributed by atoms with van der Waals surface area (Å²) in [4.78, 5) is 2.27. The Bertz CT molecular complexity index is 510. The van der Waals surface area contributed by atoms with Crippen molar-refractivity contribution in [2.75, 3.05) is 32.2 Å². The van der Waals surface area contributed by atoms with Crippen LogP contribution < -0.4 is 4.74 Å². The fourth-order valence-electron chi connectivity index (χ4n) is 2.58. The molecule has 1 atom stereocenters. The van der Waals surface area contributed by atoms with Crippen LogP contribution in [-0.4, -0.2) is 45.5 Å². The number of hydrogen-bond donors (Lipinski definition) is 0. The van der Waals surface area contributed by atoms with Gasteiger partial charge in [-0.15, -0.1) is 0 Å². The van der Waals surface area contributed by atoms with Crippen LogP contribution in [0.25, 0.3) is 0 Å². The molecule has 106 valence electrons. The number of methoxy groups -OCH3 is 1. The third-order valence-electron chi connectivity index (χ3n) is 3.61. The molecule has 1 aliphatic heterocycles. The number of sulfone groups is 1. The van der Waals surface area contributed by atoms with Gasteiger partial charge in [-0.1, -0.05) is 12.1 Å². The van der Waals surface area contributed by atoms with E-state index in [4.69, 9.17) is 4.74 Å². The predicted molar refractivity (Wildman–Crippen MR) is 76.3 cm³/mol. The van der Waals surface area contributed by atoms with E-state index >= 15 is 0 Å². The lowest BCUT2D eigenvalue weighted by molar-refractivity contribution is 0.272. The lowest BCUT2D eigenvalue weighted by atomic mass is 10.0. The Hall–Kier alpha value is -1.07. The summed E-state index contributed by atoms with van der Waals surface area (Å²) in [5, 5.41) is 0. The number of nitrogens with zero attached hydrogens (tertiary/aromatic N) is 1. The van der Waals surface area contributed by atoms with Crippen LogP contribution in [0.1, 0.15) is 24.4 Å². The SMILES string of the molecule is COc1ccc(C2CCCN2CCS(C)(=O)=O)cc1. The molecule has 0 bridgehead atoms. The fraction of sp³-hybridized carbons (Fsp3) is 0.571. The summed E-state index contributed by atoms with van der Waals surface area (Å²) < 4.78 is 27.7. The zero-order valence-electron chi connectivity index (χ0n) is 11.5. The minimum Gasteiger partial charge on any atom is -0.497 e. The quantitative estimate of drug-likeness (QED) is 0.828. The van der Waals surface area contributed by atoms with Gasteiger partial charge in [-0.25, -0.2) is 8.42 Å². The van der Waals surface area contributed by atoms with Gasteiger partial charge in [0, 0.05) is 18.8 Å². The van der Waals surface area contributed by atoms with E-state index in [9.17, 15) is 8.42 Å². The van der Waals surface area contributed by atoms with Crippen molar-refractivity contribution in [1.82, 2.24) is 4.90 Å². The Morgan fingerprint density at radius 1 is 1.32 bits per heavy atom. The minimum absolute atomic E-state index is 0.236. The number of benzene rings is 1. The van der Waals surface area contributed by atoms with E-state index in [-0.39, 0.29) is 5.75 Å². The van der Waals surface area contributed by atoms with Crippen molar-refractivity contribution in [2.45, 2.75) is 18.9 Å². The normalized spacial score (nSPS) is 20.6. The third-order valence-corrected chi connectivity index (χ3v) is 4.54. The van der Waals surface area contributed by atoms with Crippen LogP contribution in [0.15, 0.2) is 24.3 Å². The van der Waals surface area contributed by atoms with Gasteiger partial charge in [0.05, 0.1) is 12.9 Å². The summed E-state index contributed by atoms with van der Waals surface area (Å²) in [6.07, 6.45) is 3.52. The number of ether oxygens (including phenoxy) is 1. The van der Waals surface area contributed by atoms with Gasteiger partial charge in [0.15, 0.2) is 0 Å². The molecule has 2 rings (SSSR count). The molecule has 0 radical (unpaired) electrons. The molecule has 1 heterocycles. The van der Waals surface area contributed by atoms with Crippen LogP contribution in [-0.2, 0) is 9.84 Å². The van der Waals surface area contributed by atoms with Crippen LogP contribution in [0.3, 0.4) is 0 Å². The highest BCUT2D eigenvalue weighted by molar-refractivity contribution is 7.90. The van der Waals surface area contributed by atoms with E-state index < -0.39 is 9.84 Å². The van der Waals surface area contributed by atoms with Crippen LogP contribution in [0.2, 0.25) is 0 Å². The topological polar surface area (TPSA) is 46.6 Å². The summed E-state index contributed by atoms with van der Waals surface area (Å²) in [6, 6.07) is 8.41. The summed E-state index contributed by atoms with van der Waals surface area (Å²) >= 11 is 0. The van der Waals surface area contributed by atoms with Gasteiger partial charge in [0.1, 0.15) is 15.6 Å². The zero-order valence-corrected chi connectivity index (χ0v) is 12.3. The van der Waals surface area contributed by atoms with E-state index in [1.54, 1.807) is 7.11 Å². The Morgan fingerprint density at radius 3 is 2.58 bits per heavy atom. The summed E-state index contributed by atoms with van der Waals surface area (Å²) in [5.74, 6) is 1.09. The highest BCUT2D eigenvalue weighted by atomic mass is 32.2. The molecule has 0 aliphatic carbocycles. The van der Waals surface area contributed by atoms with Gasteiger partial charge in [0.2, 0.25) is 0 Å². The second-order valence-electron chi connectivity index (χ2n) is 5.10. The highest BCUT2D eigenvalue weighted by Gasteiger charge is 2.26. The maximum Gasteiger partial charge on any atom is 0.148 e. The predicted octanol–water partition coefficient (Wildman–Crippen LogP) is 1.88. The monoisotopic (exact) mass is 283 g/mol.